The van der Waals surface area contributed by atoms with Crippen molar-refractivity contribution in [1.82, 2.24) is 29.5 Å². The SMILES string of the molecule is [2H]c1cc([2H])c2c(c1[2H])c1c([2H])c([2H])c([2H])c([2H])c1n2-c1ccccc1-c1nc(-c2cc(-c3cccnc3)cc(-c3cccnc3)c2)nc(-c2cccc(-c3cccc4c3sc3ccccc34)c2)n1. The average Bonchev–Trinajstić information content (AvgIpc) is 3.97. The molecule has 12 rings (SSSR count). The number of fused-ring (bicyclic) bond motifs is 6. The summed E-state index contributed by atoms with van der Waals surface area (Å²) in [7, 11) is 0. The van der Waals surface area contributed by atoms with Gasteiger partial charge in [-0.15, -0.1) is 11.3 Å². The number of benzene rings is 7. The Bertz CT molecular complexity index is 4010. The highest BCUT2D eigenvalue weighted by molar-refractivity contribution is 7.26. The molecular weight excluding hydrogens is 777 g/mol. The van der Waals surface area contributed by atoms with E-state index in [1.165, 1.54) is 26.2 Å². The van der Waals surface area contributed by atoms with Crippen LogP contribution in [0, 0.1) is 0 Å². The molecule has 5 heterocycles. The highest BCUT2D eigenvalue weighted by Crippen LogP contribution is 2.41. The van der Waals surface area contributed by atoms with Crippen molar-refractivity contribution in [3.05, 3.63) is 207 Å². The molecule has 5 aromatic heterocycles. The lowest BCUT2D eigenvalue weighted by Crippen LogP contribution is -2.04. The van der Waals surface area contributed by atoms with Gasteiger partial charge in [0.05, 0.1) is 26.3 Å². The van der Waals surface area contributed by atoms with Crippen LogP contribution < -0.4 is 0 Å². The van der Waals surface area contributed by atoms with E-state index in [-0.39, 0.29) is 57.8 Å². The molecule has 0 saturated heterocycles. The van der Waals surface area contributed by atoms with Crippen molar-refractivity contribution in [2.24, 2.45) is 0 Å². The van der Waals surface area contributed by atoms with Crippen LogP contribution in [-0.4, -0.2) is 29.5 Å². The van der Waals surface area contributed by atoms with E-state index >= 15 is 0 Å². The van der Waals surface area contributed by atoms with Gasteiger partial charge in [-0.3, -0.25) is 9.97 Å². The van der Waals surface area contributed by atoms with Crippen molar-refractivity contribution in [3.8, 4) is 73.2 Å². The number of hydrogen-bond donors (Lipinski definition) is 0. The van der Waals surface area contributed by atoms with E-state index in [1.54, 1.807) is 40.4 Å². The molecule has 0 fully saturated rings. The molecule has 0 radical (unpaired) electrons. The van der Waals surface area contributed by atoms with Gasteiger partial charge in [-0.2, -0.15) is 0 Å². The summed E-state index contributed by atoms with van der Waals surface area (Å²) in [4.78, 5) is 24.5. The lowest BCUT2D eigenvalue weighted by molar-refractivity contribution is 1.06. The van der Waals surface area contributed by atoms with Gasteiger partial charge in [-0.1, -0.05) is 115 Å². The van der Waals surface area contributed by atoms with Crippen molar-refractivity contribution in [3.63, 3.8) is 0 Å². The van der Waals surface area contributed by atoms with Crippen LogP contribution >= 0.6 is 11.3 Å². The number of pyridine rings is 2. The molecule has 0 unspecified atom stereocenters. The van der Waals surface area contributed by atoms with Crippen LogP contribution in [0.5, 0.6) is 0 Å². The molecule has 7 heteroatoms. The van der Waals surface area contributed by atoms with Gasteiger partial charge < -0.3 is 4.57 Å². The molecule has 290 valence electrons. The molecule has 0 spiro atoms. The molecule has 0 aliphatic rings. The Balaban J connectivity index is 1.14. The summed E-state index contributed by atoms with van der Waals surface area (Å²) in [5.41, 5.74) is 8.10. The van der Waals surface area contributed by atoms with Gasteiger partial charge in [0, 0.05) is 83.5 Å². The minimum absolute atomic E-state index is 0.0519. The first kappa shape index (κ1) is 29.2. The summed E-state index contributed by atoms with van der Waals surface area (Å²) < 4.78 is 66.4. The van der Waals surface area contributed by atoms with E-state index in [0.29, 0.717) is 28.5 Å². The molecule has 62 heavy (non-hydrogen) atoms. The summed E-state index contributed by atoms with van der Waals surface area (Å²) in [5.74, 6) is 0.987. The van der Waals surface area contributed by atoms with Gasteiger partial charge in [0.15, 0.2) is 17.5 Å². The largest absolute Gasteiger partial charge is 0.309 e. The number of nitrogens with zero attached hydrogens (tertiary/aromatic N) is 6. The molecule has 0 atom stereocenters. The van der Waals surface area contributed by atoms with Crippen LogP contribution in [0.2, 0.25) is 0 Å². The molecular formula is C55H34N6S. The molecule has 0 aliphatic carbocycles. The fourth-order valence-corrected chi connectivity index (χ4v) is 9.52. The summed E-state index contributed by atoms with van der Waals surface area (Å²) in [6.45, 7) is 0. The highest BCUT2D eigenvalue weighted by Gasteiger charge is 2.20. The van der Waals surface area contributed by atoms with Crippen LogP contribution in [0.4, 0.5) is 0 Å². The minimum Gasteiger partial charge on any atom is -0.309 e. The summed E-state index contributed by atoms with van der Waals surface area (Å²) in [5, 5.41) is 2.52. The van der Waals surface area contributed by atoms with E-state index in [0.717, 1.165) is 38.9 Å². The topological polar surface area (TPSA) is 69.4 Å². The molecule has 12 aromatic rings. The summed E-state index contributed by atoms with van der Waals surface area (Å²) in [6, 6.07) is 43.1. The molecule has 0 bridgehead atoms. The van der Waals surface area contributed by atoms with Crippen molar-refractivity contribution in [2.75, 3.05) is 0 Å². The minimum atomic E-state index is -0.474. The smallest absolute Gasteiger partial charge is 0.166 e. The van der Waals surface area contributed by atoms with Gasteiger partial charge in [0.2, 0.25) is 0 Å². The lowest BCUT2D eigenvalue weighted by Gasteiger charge is -2.15. The zero-order valence-corrected chi connectivity index (χ0v) is 33.5. The molecule has 7 aromatic carbocycles. The number of aromatic nitrogens is 6. The monoisotopic (exact) mass is 817 g/mol. The maximum Gasteiger partial charge on any atom is 0.166 e. The van der Waals surface area contributed by atoms with E-state index in [4.69, 9.17) is 21.8 Å². The van der Waals surface area contributed by atoms with Crippen LogP contribution in [0.3, 0.4) is 0 Å². The second kappa shape index (κ2) is 14.9. The third kappa shape index (κ3) is 6.14. The van der Waals surface area contributed by atoms with Crippen LogP contribution in [-0.2, 0) is 0 Å². The zero-order valence-electron chi connectivity index (χ0n) is 39.7. The normalized spacial score (nSPS) is 13.1. The predicted molar refractivity (Wildman–Crippen MR) is 255 cm³/mol. The van der Waals surface area contributed by atoms with Crippen LogP contribution in [0.1, 0.15) is 9.60 Å². The lowest BCUT2D eigenvalue weighted by atomic mass is 9.97. The van der Waals surface area contributed by atoms with Crippen LogP contribution in [0.15, 0.2) is 207 Å². The molecule has 6 nitrogen and oxygen atoms in total. The molecule has 0 amide bonds. The van der Waals surface area contributed by atoms with Gasteiger partial charge >= 0.3 is 0 Å². The fraction of sp³-hybridized carbons (Fsp3) is 0. The Hall–Kier alpha value is -8.13. The summed E-state index contributed by atoms with van der Waals surface area (Å²) >= 11 is 1.76. The van der Waals surface area contributed by atoms with E-state index in [2.05, 4.69) is 70.6 Å². The first-order valence-electron chi connectivity index (χ1n) is 23.5. The number of para-hydroxylation sites is 3. The fourth-order valence-electron chi connectivity index (χ4n) is 8.28. The average molecular weight is 818 g/mol. The number of hydrogen-bond acceptors (Lipinski definition) is 6. The van der Waals surface area contributed by atoms with Gasteiger partial charge in [0.25, 0.3) is 0 Å². The second-order valence-corrected chi connectivity index (χ2v) is 15.9. The van der Waals surface area contributed by atoms with Gasteiger partial charge in [-0.05, 0) is 88.9 Å². The number of rotatable bonds is 7. The molecule has 0 saturated carbocycles. The maximum atomic E-state index is 9.24. The Kier molecular flexibility index (Phi) is 6.98. The second-order valence-electron chi connectivity index (χ2n) is 14.8. The highest BCUT2D eigenvalue weighted by atomic mass is 32.1. The van der Waals surface area contributed by atoms with Crippen LogP contribution in [0.25, 0.3) is 115 Å². The van der Waals surface area contributed by atoms with E-state index in [9.17, 15) is 2.74 Å². The molecule has 0 N–H and O–H groups in total. The van der Waals surface area contributed by atoms with Crippen molar-refractivity contribution >= 4 is 53.3 Å². The Morgan fingerprint density at radius 2 is 1.02 bits per heavy atom. The van der Waals surface area contributed by atoms with Crippen molar-refractivity contribution in [1.29, 1.82) is 0 Å². The molecule has 0 aliphatic heterocycles. The first-order chi connectivity index (χ1) is 33.6. The first-order valence-corrected chi connectivity index (χ1v) is 20.8. The maximum absolute atomic E-state index is 9.24. The van der Waals surface area contributed by atoms with Crippen molar-refractivity contribution in [2.45, 2.75) is 0 Å². The zero-order chi connectivity index (χ0) is 47.1. The van der Waals surface area contributed by atoms with Crippen molar-refractivity contribution < 1.29 is 9.60 Å². The van der Waals surface area contributed by atoms with E-state index < -0.39 is 12.1 Å². The third-order valence-corrected chi connectivity index (χ3v) is 12.3. The standard InChI is InChI=1S/C55H34N6S/c1-5-23-48-43(17-1)44-18-2-6-24-49(44)61(48)50-25-7-3-20-47(50)55-59-53(36-14-9-13-35(29-36)42-21-10-22-46-45-19-4-8-26-51(45)62-52(42)46)58-54(60-55)41-31-39(37-15-11-27-56-33-37)30-40(32-41)38-16-12-28-57-34-38/h1-34H/i1D,2D,5D,17D,18D,23D,24D. The summed E-state index contributed by atoms with van der Waals surface area (Å²) in [6.07, 6.45) is 7.08. The van der Waals surface area contributed by atoms with Gasteiger partial charge in [-0.25, -0.2) is 15.0 Å². The number of thiophene rings is 1. The Labute approximate surface area is 371 Å². The predicted octanol–water partition coefficient (Wildman–Crippen LogP) is 14.1. The van der Waals surface area contributed by atoms with E-state index in [1.807, 2.05) is 73.1 Å². The third-order valence-electron chi connectivity index (χ3n) is 11.1. The van der Waals surface area contributed by atoms with Gasteiger partial charge in [0.1, 0.15) is 0 Å². The quantitative estimate of drug-likeness (QED) is 0.160. The Morgan fingerprint density at radius 1 is 0.419 bits per heavy atom. The Morgan fingerprint density at radius 3 is 1.82 bits per heavy atom.